The zero-order valence-electron chi connectivity index (χ0n) is 28.0. The van der Waals surface area contributed by atoms with Gasteiger partial charge in [0.2, 0.25) is 15.9 Å². The number of alkyl halides is 3. The van der Waals surface area contributed by atoms with Crippen LogP contribution in [0.1, 0.15) is 54.3 Å². The van der Waals surface area contributed by atoms with Crippen molar-refractivity contribution >= 4 is 54.2 Å². The Balaban J connectivity index is 0.975. The van der Waals surface area contributed by atoms with E-state index in [1.54, 1.807) is 6.07 Å². The molecular formula is C34H39F3N8O3S2. The Morgan fingerprint density at radius 3 is 2.56 bits per heavy atom. The molecule has 4 aliphatic rings. The Hall–Kier alpha value is -3.78. The number of aryl methyl sites for hydroxylation is 1. The lowest BCUT2D eigenvalue weighted by Crippen LogP contribution is -2.82. The van der Waals surface area contributed by atoms with Crippen LogP contribution in [-0.4, -0.2) is 77.4 Å². The molecule has 1 atom stereocenters. The van der Waals surface area contributed by atoms with E-state index in [-0.39, 0.29) is 40.2 Å². The van der Waals surface area contributed by atoms with Crippen LogP contribution in [0.25, 0.3) is 21.1 Å². The van der Waals surface area contributed by atoms with E-state index in [4.69, 9.17) is 0 Å². The number of amides is 1. The summed E-state index contributed by atoms with van der Waals surface area (Å²) in [5.41, 5.74) is 3.59. The molecule has 3 N–H and O–H groups in total. The molecule has 11 nitrogen and oxygen atoms in total. The van der Waals surface area contributed by atoms with Crippen molar-refractivity contribution in [3.05, 3.63) is 52.3 Å². The molecule has 8 rings (SSSR count). The smallest absolute Gasteiger partial charge is 0.367 e. The predicted molar refractivity (Wildman–Crippen MR) is 185 cm³/mol. The molecule has 0 unspecified atom stereocenters. The number of piperidine rings is 1. The summed E-state index contributed by atoms with van der Waals surface area (Å²) in [4.78, 5) is 24.1. The first-order valence-electron chi connectivity index (χ1n) is 16.6. The first-order valence-corrected chi connectivity index (χ1v) is 19.3. The van der Waals surface area contributed by atoms with Crippen LogP contribution in [0.2, 0.25) is 0 Å². The zero-order valence-corrected chi connectivity index (χ0v) is 29.7. The summed E-state index contributed by atoms with van der Waals surface area (Å²) in [6.45, 7) is 7.07. The standard InChI is InChI=1S/C34H39F3N8O3S2/c1-20-22(15-44-8-6-23(7-9-44)42-30-27-11-25(12-34(35,36)37)49-31(27)40-19-39-30)4-5-28-26(20)10-24(13-38)45(28)18-32-16-33(17-32,21(32)2)43-29(46)14-41-50(3,47)48/h4-5,10-11,19,21,23,41H,6-9,12,14-18H2,1-3H3,(H,43,46)(H,39,40,42)/t21-,32?,33?/m0/s1. The fourth-order valence-corrected chi connectivity index (χ4v) is 9.77. The number of nitrogens with zero attached hydrogens (tertiary/aromatic N) is 5. The van der Waals surface area contributed by atoms with Crippen LogP contribution in [-0.2, 0) is 34.3 Å². The molecule has 4 fully saturated rings. The van der Waals surface area contributed by atoms with Crippen LogP contribution in [0, 0.1) is 29.6 Å². The minimum absolute atomic E-state index is 0.0353. The average molecular weight is 729 g/mol. The summed E-state index contributed by atoms with van der Waals surface area (Å²) in [5, 5.41) is 18.3. The molecule has 266 valence electrons. The monoisotopic (exact) mass is 728 g/mol. The first kappa shape index (κ1) is 34.7. The SMILES string of the molecule is Cc1c(CN2CCC(Nc3ncnc4sc(CC(F)(F)F)cc34)CC2)ccc2c1cc(C#N)n2CC12CC(NC(=O)CNS(C)(=O)=O)(C1)[C@H]2C. The summed E-state index contributed by atoms with van der Waals surface area (Å²) in [5.74, 6) is 0.430. The van der Waals surface area contributed by atoms with Gasteiger partial charge >= 0.3 is 6.18 Å². The van der Waals surface area contributed by atoms with Crippen LogP contribution in [0.3, 0.4) is 0 Å². The molecule has 50 heavy (non-hydrogen) atoms. The van der Waals surface area contributed by atoms with Crippen LogP contribution in [0.15, 0.2) is 30.6 Å². The van der Waals surface area contributed by atoms with Crippen LogP contribution >= 0.6 is 11.3 Å². The highest BCUT2D eigenvalue weighted by Crippen LogP contribution is 2.72. The fourth-order valence-electron chi connectivity index (χ4n) is 8.35. The largest absolute Gasteiger partial charge is 0.393 e. The zero-order chi connectivity index (χ0) is 35.6. The van der Waals surface area contributed by atoms with Crippen LogP contribution in [0.4, 0.5) is 19.0 Å². The molecule has 3 aliphatic carbocycles. The molecule has 0 spiro atoms. The highest BCUT2D eigenvalue weighted by molar-refractivity contribution is 7.88. The summed E-state index contributed by atoms with van der Waals surface area (Å²) >= 11 is 1.05. The van der Waals surface area contributed by atoms with Gasteiger partial charge in [-0.2, -0.15) is 18.4 Å². The van der Waals surface area contributed by atoms with Gasteiger partial charge in [-0.1, -0.05) is 13.0 Å². The second kappa shape index (κ2) is 12.5. The topological polar surface area (TPSA) is 145 Å². The first-order chi connectivity index (χ1) is 23.6. The third-order valence-electron chi connectivity index (χ3n) is 11.1. The third kappa shape index (κ3) is 6.56. The number of hydrogen-bond donors (Lipinski definition) is 3. The number of fused-ring (bicyclic) bond motifs is 2. The molecule has 16 heteroatoms. The van der Waals surface area contributed by atoms with E-state index >= 15 is 0 Å². The van der Waals surface area contributed by atoms with Gasteiger partial charge in [0, 0.05) is 53.5 Å². The lowest BCUT2D eigenvalue weighted by molar-refractivity contribution is -0.228. The van der Waals surface area contributed by atoms with Gasteiger partial charge in [-0.15, -0.1) is 11.3 Å². The number of aromatic nitrogens is 3. The van der Waals surface area contributed by atoms with Crippen molar-refractivity contribution in [3.8, 4) is 6.07 Å². The molecule has 0 radical (unpaired) electrons. The van der Waals surface area contributed by atoms with Crippen molar-refractivity contribution in [2.24, 2.45) is 11.3 Å². The van der Waals surface area contributed by atoms with E-state index in [0.29, 0.717) is 28.3 Å². The summed E-state index contributed by atoms with van der Waals surface area (Å²) in [6.07, 6.45) is 0.459. The van der Waals surface area contributed by atoms with E-state index in [9.17, 15) is 31.6 Å². The lowest BCUT2D eigenvalue weighted by atomic mass is 9.33. The molecule has 3 aromatic heterocycles. The van der Waals surface area contributed by atoms with Crippen LogP contribution in [0.5, 0.6) is 0 Å². The van der Waals surface area contributed by atoms with Gasteiger partial charge < -0.3 is 15.2 Å². The normalized spacial score (nSPS) is 24.1. The number of nitriles is 1. The number of anilines is 1. The molecule has 1 saturated heterocycles. The Bertz CT molecular complexity index is 2120. The van der Waals surface area contributed by atoms with Gasteiger partial charge in [0.05, 0.1) is 24.6 Å². The van der Waals surface area contributed by atoms with Gasteiger partial charge in [0.25, 0.3) is 0 Å². The molecule has 4 heterocycles. The minimum Gasteiger partial charge on any atom is -0.367 e. The Labute approximate surface area is 292 Å². The second-order valence-electron chi connectivity index (χ2n) is 14.4. The maximum Gasteiger partial charge on any atom is 0.393 e. The molecule has 3 saturated carbocycles. The molecule has 2 bridgehead atoms. The number of likely N-dealkylation sites (tertiary alicyclic amines) is 1. The number of carbonyl (C=O) groups is 1. The number of halogens is 3. The third-order valence-corrected chi connectivity index (χ3v) is 12.8. The molecule has 1 aromatic carbocycles. The highest BCUT2D eigenvalue weighted by Gasteiger charge is 2.74. The van der Waals surface area contributed by atoms with Crippen molar-refractivity contribution in [2.75, 3.05) is 31.2 Å². The van der Waals surface area contributed by atoms with E-state index in [0.717, 1.165) is 79.4 Å². The Morgan fingerprint density at radius 1 is 1.16 bits per heavy atom. The van der Waals surface area contributed by atoms with Gasteiger partial charge in [0.15, 0.2) is 0 Å². The minimum atomic E-state index is -4.27. The maximum atomic E-state index is 13.0. The highest BCUT2D eigenvalue weighted by atomic mass is 32.2. The van der Waals surface area contributed by atoms with E-state index < -0.39 is 22.6 Å². The van der Waals surface area contributed by atoms with Gasteiger partial charge in [0.1, 0.15) is 28.7 Å². The number of sulfonamides is 1. The van der Waals surface area contributed by atoms with Gasteiger partial charge in [-0.25, -0.2) is 23.1 Å². The predicted octanol–water partition coefficient (Wildman–Crippen LogP) is 4.84. The number of benzene rings is 1. The quantitative estimate of drug-likeness (QED) is 0.199. The van der Waals surface area contributed by atoms with Crippen molar-refractivity contribution in [2.45, 2.75) is 76.8 Å². The van der Waals surface area contributed by atoms with Crippen molar-refractivity contribution < 1.29 is 26.4 Å². The molecule has 4 aromatic rings. The van der Waals surface area contributed by atoms with E-state index in [2.05, 4.69) is 66.8 Å². The number of rotatable bonds is 11. The second-order valence-corrected chi connectivity index (χ2v) is 17.3. The van der Waals surface area contributed by atoms with Crippen molar-refractivity contribution in [1.29, 1.82) is 5.26 Å². The number of carbonyl (C=O) groups excluding carboxylic acids is 1. The molecule has 1 aliphatic heterocycles. The van der Waals surface area contributed by atoms with E-state index in [1.165, 1.54) is 11.9 Å². The molecule has 1 amide bonds. The average Bonchev–Trinajstić information content (AvgIpc) is 3.61. The Morgan fingerprint density at radius 2 is 1.90 bits per heavy atom. The summed E-state index contributed by atoms with van der Waals surface area (Å²) in [7, 11) is -3.46. The fraction of sp³-hybridized carbons (Fsp3) is 0.529. The van der Waals surface area contributed by atoms with Gasteiger partial charge in [-0.3, -0.25) is 9.69 Å². The van der Waals surface area contributed by atoms with Crippen molar-refractivity contribution in [3.63, 3.8) is 0 Å². The molecular weight excluding hydrogens is 690 g/mol. The maximum absolute atomic E-state index is 13.0. The van der Waals surface area contributed by atoms with Crippen molar-refractivity contribution in [1.82, 2.24) is 29.5 Å². The number of thiophene rings is 1. The number of hydrogen-bond acceptors (Lipinski definition) is 9. The summed E-state index contributed by atoms with van der Waals surface area (Å²) < 4.78 is 66.0. The lowest BCUT2D eigenvalue weighted by Gasteiger charge is -2.76. The van der Waals surface area contributed by atoms with E-state index in [1.807, 2.05) is 6.07 Å². The summed E-state index contributed by atoms with van der Waals surface area (Å²) in [6, 6.07) is 10.3. The van der Waals surface area contributed by atoms with Gasteiger partial charge in [-0.05, 0) is 73.3 Å². The number of nitrogens with one attached hydrogen (secondary N) is 3. The van der Waals surface area contributed by atoms with Crippen LogP contribution < -0.4 is 15.4 Å². The Kier molecular flexibility index (Phi) is 8.64.